The van der Waals surface area contributed by atoms with Crippen molar-refractivity contribution in [3.63, 3.8) is 0 Å². The predicted octanol–water partition coefficient (Wildman–Crippen LogP) is 3.81. The first-order chi connectivity index (χ1) is 10.3. The molecule has 0 spiro atoms. The number of allylic oxidation sites excluding steroid dienone is 2. The Bertz CT molecular complexity index is 612. The lowest BCUT2D eigenvalue weighted by Crippen LogP contribution is -2.41. The second-order valence-corrected chi connectivity index (χ2v) is 6.57. The monoisotopic (exact) mass is 300 g/mol. The lowest BCUT2D eigenvalue weighted by atomic mass is 9.98. The maximum absolute atomic E-state index is 12.4. The molecule has 0 saturated carbocycles. The van der Waals surface area contributed by atoms with E-state index in [0.717, 1.165) is 11.3 Å². The Hall–Kier alpha value is -2.23. The molecule has 1 atom stereocenters. The molecule has 0 saturated heterocycles. The number of nitrogen functional groups attached to an aromatic ring is 1. The van der Waals surface area contributed by atoms with Gasteiger partial charge in [0.25, 0.3) is 0 Å². The van der Waals surface area contributed by atoms with Crippen LogP contribution in [-0.4, -0.2) is 22.6 Å². The lowest BCUT2D eigenvalue weighted by molar-refractivity contribution is 0.0295. The molecule has 0 aliphatic carbocycles. The summed E-state index contributed by atoms with van der Waals surface area (Å²) in [7, 11) is 0. The van der Waals surface area contributed by atoms with E-state index < -0.39 is 5.60 Å². The summed E-state index contributed by atoms with van der Waals surface area (Å²) in [5.74, 6) is 0. The number of ether oxygens (including phenoxy) is 1. The van der Waals surface area contributed by atoms with Gasteiger partial charge in [-0.25, -0.2) is 4.79 Å². The topological polar surface area (TPSA) is 55.6 Å². The van der Waals surface area contributed by atoms with Crippen LogP contribution in [0.3, 0.4) is 0 Å². The summed E-state index contributed by atoms with van der Waals surface area (Å²) in [6.45, 7) is 7.65. The van der Waals surface area contributed by atoms with Crippen molar-refractivity contribution >= 4 is 11.8 Å². The minimum absolute atomic E-state index is 0.0691. The third kappa shape index (κ3) is 4.13. The van der Waals surface area contributed by atoms with Crippen molar-refractivity contribution in [3.05, 3.63) is 53.8 Å². The van der Waals surface area contributed by atoms with Crippen LogP contribution in [0.1, 0.15) is 31.9 Å². The second kappa shape index (κ2) is 6.26. The van der Waals surface area contributed by atoms with E-state index in [1.165, 1.54) is 5.56 Å². The normalized spacial score (nSPS) is 17.6. The standard InChI is InChI=1S/C18H24N2O2/c1-13-8-9-15(19)11-14(13)12-16-7-5-6-10-20(16)17(21)22-18(2,3)4/h5-11,16H,12,19H2,1-4H3. The highest BCUT2D eigenvalue weighted by Crippen LogP contribution is 2.21. The Balaban J connectivity index is 2.17. The number of rotatable bonds is 2. The van der Waals surface area contributed by atoms with Crippen LogP contribution in [0.4, 0.5) is 10.5 Å². The summed E-state index contributed by atoms with van der Waals surface area (Å²) in [6.07, 6.45) is 7.93. The summed E-state index contributed by atoms with van der Waals surface area (Å²) >= 11 is 0. The van der Waals surface area contributed by atoms with Crippen LogP contribution in [0, 0.1) is 6.92 Å². The molecule has 118 valence electrons. The van der Waals surface area contributed by atoms with E-state index in [2.05, 4.69) is 6.92 Å². The van der Waals surface area contributed by atoms with Gasteiger partial charge in [0.2, 0.25) is 0 Å². The highest BCUT2D eigenvalue weighted by atomic mass is 16.6. The van der Waals surface area contributed by atoms with Gasteiger partial charge in [-0.2, -0.15) is 0 Å². The zero-order valence-electron chi connectivity index (χ0n) is 13.7. The minimum Gasteiger partial charge on any atom is -0.443 e. The Morgan fingerprint density at radius 1 is 1.32 bits per heavy atom. The molecule has 4 heteroatoms. The van der Waals surface area contributed by atoms with Crippen LogP contribution in [0.25, 0.3) is 0 Å². The Morgan fingerprint density at radius 3 is 2.73 bits per heavy atom. The lowest BCUT2D eigenvalue weighted by Gasteiger charge is -2.31. The van der Waals surface area contributed by atoms with Crippen LogP contribution in [0.15, 0.2) is 42.6 Å². The van der Waals surface area contributed by atoms with Gasteiger partial charge in [-0.15, -0.1) is 0 Å². The second-order valence-electron chi connectivity index (χ2n) is 6.57. The zero-order valence-corrected chi connectivity index (χ0v) is 13.7. The van der Waals surface area contributed by atoms with Crippen molar-refractivity contribution in [2.24, 2.45) is 0 Å². The highest BCUT2D eigenvalue weighted by molar-refractivity contribution is 5.70. The number of hydrogen-bond acceptors (Lipinski definition) is 3. The number of hydrogen-bond donors (Lipinski definition) is 1. The molecule has 0 fully saturated rings. The van der Waals surface area contributed by atoms with Gasteiger partial charge >= 0.3 is 6.09 Å². The fraction of sp³-hybridized carbons (Fsp3) is 0.389. The number of carbonyl (C=O) groups is 1. The molecule has 1 aromatic carbocycles. The Kier molecular flexibility index (Phi) is 4.59. The summed E-state index contributed by atoms with van der Waals surface area (Å²) in [4.78, 5) is 14.0. The molecule has 0 aromatic heterocycles. The highest BCUT2D eigenvalue weighted by Gasteiger charge is 2.27. The summed E-state index contributed by atoms with van der Waals surface area (Å²) < 4.78 is 5.48. The molecule has 0 radical (unpaired) electrons. The largest absolute Gasteiger partial charge is 0.443 e. The predicted molar refractivity (Wildman–Crippen MR) is 89.4 cm³/mol. The van der Waals surface area contributed by atoms with Gasteiger partial charge in [-0.05, 0) is 63.5 Å². The van der Waals surface area contributed by atoms with Crippen LogP contribution < -0.4 is 5.73 Å². The smallest absolute Gasteiger partial charge is 0.414 e. The molecular formula is C18H24N2O2. The van der Waals surface area contributed by atoms with Gasteiger partial charge in [-0.1, -0.05) is 18.2 Å². The number of amides is 1. The number of benzene rings is 1. The minimum atomic E-state index is -0.510. The van der Waals surface area contributed by atoms with Crippen molar-refractivity contribution in [1.82, 2.24) is 4.90 Å². The summed E-state index contributed by atoms with van der Waals surface area (Å²) in [5.41, 5.74) is 8.40. The van der Waals surface area contributed by atoms with Gasteiger partial charge in [0.05, 0.1) is 6.04 Å². The number of nitrogens with zero attached hydrogens (tertiary/aromatic N) is 1. The summed E-state index contributed by atoms with van der Waals surface area (Å²) in [6, 6.07) is 5.79. The molecular weight excluding hydrogens is 276 g/mol. The molecule has 4 nitrogen and oxygen atoms in total. The van der Waals surface area contributed by atoms with Crippen molar-refractivity contribution in [2.45, 2.75) is 45.8 Å². The zero-order chi connectivity index (χ0) is 16.3. The number of aryl methyl sites for hydroxylation is 1. The van der Waals surface area contributed by atoms with Gasteiger partial charge in [-0.3, -0.25) is 4.90 Å². The fourth-order valence-corrected chi connectivity index (χ4v) is 2.35. The van der Waals surface area contributed by atoms with Crippen molar-refractivity contribution in [2.75, 3.05) is 5.73 Å². The van der Waals surface area contributed by atoms with Gasteiger partial charge in [0, 0.05) is 11.9 Å². The molecule has 2 N–H and O–H groups in total. The number of carbonyl (C=O) groups excluding carboxylic acids is 1. The van der Waals surface area contributed by atoms with Crippen LogP contribution >= 0.6 is 0 Å². The van der Waals surface area contributed by atoms with Crippen LogP contribution in [0.5, 0.6) is 0 Å². The molecule has 0 bridgehead atoms. The van der Waals surface area contributed by atoms with Gasteiger partial charge in [0.15, 0.2) is 0 Å². The number of anilines is 1. The van der Waals surface area contributed by atoms with Crippen molar-refractivity contribution < 1.29 is 9.53 Å². The van der Waals surface area contributed by atoms with E-state index in [9.17, 15) is 4.79 Å². The van der Waals surface area contributed by atoms with E-state index in [1.807, 2.05) is 57.2 Å². The van der Waals surface area contributed by atoms with Gasteiger partial charge in [0.1, 0.15) is 5.60 Å². The fourth-order valence-electron chi connectivity index (χ4n) is 2.35. The number of nitrogens with two attached hydrogens (primary N) is 1. The van der Waals surface area contributed by atoms with E-state index in [0.29, 0.717) is 6.42 Å². The Morgan fingerprint density at radius 2 is 2.05 bits per heavy atom. The van der Waals surface area contributed by atoms with E-state index in [4.69, 9.17) is 10.5 Å². The van der Waals surface area contributed by atoms with Crippen LogP contribution in [-0.2, 0) is 11.2 Å². The maximum Gasteiger partial charge on any atom is 0.414 e. The summed E-state index contributed by atoms with van der Waals surface area (Å²) in [5, 5.41) is 0. The third-order valence-corrected chi connectivity index (χ3v) is 3.45. The van der Waals surface area contributed by atoms with E-state index in [-0.39, 0.29) is 12.1 Å². The molecule has 1 heterocycles. The molecule has 1 aromatic rings. The SMILES string of the molecule is Cc1ccc(N)cc1CC1C=CC=CN1C(=O)OC(C)(C)C. The molecule has 1 unspecified atom stereocenters. The quantitative estimate of drug-likeness (QED) is 0.845. The van der Waals surface area contributed by atoms with Crippen LogP contribution in [0.2, 0.25) is 0 Å². The first kappa shape index (κ1) is 16.1. The van der Waals surface area contributed by atoms with Crippen molar-refractivity contribution in [1.29, 1.82) is 0 Å². The molecule has 2 rings (SSSR count). The van der Waals surface area contributed by atoms with Gasteiger partial charge < -0.3 is 10.5 Å². The maximum atomic E-state index is 12.4. The van der Waals surface area contributed by atoms with Crippen molar-refractivity contribution in [3.8, 4) is 0 Å². The molecule has 1 amide bonds. The van der Waals surface area contributed by atoms with E-state index in [1.54, 1.807) is 11.1 Å². The van der Waals surface area contributed by atoms with E-state index >= 15 is 0 Å². The average Bonchev–Trinajstić information content (AvgIpc) is 2.41. The first-order valence-corrected chi connectivity index (χ1v) is 7.47. The third-order valence-electron chi connectivity index (χ3n) is 3.45. The first-order valence-electron chi connectivity index (χ1n) is 7.47. The average molecular weight is 300 g/mol. The molecule has 1 aliphatic rings. The molecule has 1 aliphatic heterocycles. The Labute approximate surface area is 132 Å². The molecule has 22 heavy (non-hydrogen) atoms.